The van der Waals surface area contributed by atoms with Crippen molar-refractivity contribution < 1.29 is 4.74 Å². The molecular weight excluding hydrogens is 302 g/mol. The number of hydrogen-bond donors (Lipinski definition) is 1. The minimum atomic E-state index is 0.582. The smallest absolute Gasteiger partial charge is 0.143 e. The molecule has 1 aromatic rings. The van der Waals surface area contributed by atoms with Gasteiger partial charge in [0.1, 0.15) is 5.75 Å². The number of halogens is 1. The summed E-state index contributed by atoms with van der Waals surface area (Å²) >= 11 is 3.53. The Morgan fingerprint density at radius 2 is 2.00 bits per heavy atom. The lowest BCUT2D eigenvalue weighted by Gasteiger charge is -2.21. The van der Waals surface area contributed by atoms with Crippen molar-refractivity contribution in [3.8, 4) is 5.75 Å². The van der Waals surface area contributed by atoms with Crippen LogP contribution in [0, 0.1) is 12.8 Å². The predicted molar refractivity (Wildman–Crippen MR) is 85.1 cm³/mol. The summed E-state index contributed by atoms with van der Waals surface area (Å²) in [6, 6.07) is 4.76. The largest absolute Gasteiger partial charge is 0.495 e. The molecule has 2 nitrogen and oxygen atoms in total. The fourth-order valence-electron chi connectivity index (χ4n) is 2.89. The number of hydrogen-bond acceptors (Lipinski definition) is 2. The topological polar surface area (TPSA) is 21.3 Å². The summed E-state index contributed by atoms with van der Waals surface area (Å²) in [4.78, 5) is 0. The maximum Gasteiger partial charge on any atom is 0.143 e. The molecule has 2 atom stereocenters. The maximum atomic E-state index is 5.51. The number of rotatable bonds is 3. The van der Waals surface area contributed by atoms with Gasteiger partial charge >= 0.3 is 0 Å². The average molecular weight is 326 g/mol. The van der Waals surface area contributed by atoms with Crippen molar-refractivity contribution >= 4 is 21.6 Å². The molecule has 3 heteroatoms. The van der Waals surface area contributed by atoms with E-state index >= 15 is 0 Å². The zero-order chi connectivity index (χ0) is 13.8. The quantitative estimate of drug-likeness (QED) is 0.776. The molecule has 1 aromatic carbocycles. The van der Waals surface area contributed by atoms with E-state index in [1.807, 2.05) is 6.07 Å². The SMILES string of the molecule is COc1cc(Br)cc(C)c1NC1CCCC(C)CC1. The van der Waals surface area contributed by atoms with Gasteiger partial charge in [0.25, 0.3) is 0 Å². The second-order valence-corrected chi connectivity index (χ2v) is 6.67. The molecule has 0 aromatic heterocycles. The number of ether oxygens (including phenoxy) is 1. The molecule has 2 unspecified atom stereocenters. The van der Waals surface area contributed by atoms with Crippen molar-refractivity contribution in [1.29, 1.82) is 0 Å². The van der Waals surface area contributed by atoms with E-state index in [1.54, 1.807) is 7.11 Å². The molecule has 106 valence electrons. The van der Waals surface area contributed by atoms with E-state index < -0.39 is 0 Å². The van der Waals surface area contributed by atoms with E-state index in [4.69, 9.17) is 4.74 Å². The van der Waals surface area contributed by atoms with Crippen LogP contribution in [0.1, 0.15) is 44.6 Å². The lowest BCUT2D eigenvalue weighted by molar-refractivity contribution is 0.415. The summed E-state index contributed by atoms with van der Waals surface area (Å²) in [5.41, 5.74) is 2.40. The van der Waals surface area contributed by atoms with E-state index in [0.717, 1.165) is 21.8 Å². The second kappa shape index (κ2) is 6.65. The van der Waals surface area contributed by atoms with Gasteiger partial charge in [-0.25, -0.2) is 0 Å². The third kappa shape index (κ3) is 3.88. The zero-order valence-corrected chi connectivity index (χ0v) is 13.7. The van der Waals surface area contributed by atoms with Crippen molar-refractivity contribution in [3.63, 3.8) is 0 Å². The first kappa shape index (κ1) is 14.7. The summed E-state index contributed by atoms with van der Waals surface area (Å²) in [5.74, 6) is 1.81. The van der Waals surface area contributed by atoms with Crippen LogP contribution in [0.25, 0.3) is 0 Å². The van der Waals surface area contributed by atoms with Crippen molar-refractivity contribution in [2.75, 3.05) is 12.4 Å². The van der Waals surface area contributed by atoms with E-state index in [2.05, 4.69) is 41.2 Å². The Balaban J connectivity index is 2.13. The summed E-state index contributed by atoms with van der Waals surface area (Å²) < 4.78 is 6.58. The molecule has 0 saturated heterocycles. The lowest BCUT2D eigenvalue weighted by Crippen LogP contribution is -2.19. The van der Waals surface area contributed by atoms with Crippen LogP contribution in [-0.2, 0) is 0 Å². The molecule has 0 aliphatic heterocycles. The lowest BCUT2D eigenvalue weighted by atomic mass is 10.0. The van der Waals surface area contributed by atoms with Crippen molar-refractivity contribution in [1.82, 2.24) is 0 Å². The van der Waals surface area contributed by atoms with Gasteiger partial charge < -0.3 is 10.1 Å². The van der Waals surface area contributed by atoms with Crippen LogP contribution in [-0.4, -0.2) is 13.2 Å². The Labute approximate surface area is 125 Å². The number of nitrogens with one attached hydrogen (secondary N) is 1. The highest BCUT2D eigenvalue weighted by atomic mass is 79.9. The molecule has 0 amide bonds. The van der Waals surface area contributed by atoms with Gasteiger partial charge in [-0.05, 0) is 49.8 Å². The van der Waals surface area contributed by atoms with Gasteiger partial charge in [-0.15, -0.1) is 0 Å². The molecule has 1 fully saturated rings. The van der Waals surface area contributed by atoms with E-state index in [9.17, 15) is 0 Å². The Morgan fingerprint density at radius 3 is 2.74 bits per heavy atom. The number of benzene rings is 1. The molecule has 0 spiro atoms. The molecule has 0 bridgehead atoms. The summed E-state index contributed by atoms with van der Waals surface area (Å²) in [7, 11) is 1.74. The van der Waals surface area contributed by atoms with Gasteiger partial charge in [-0.2, -0.15) is 0 Å². The predicted octanol–water partition coefficient (Wildman–Crippen LogP) is 5.15. The summed E-state index contributed by atoms with van der Waals surface area (Å²) in [5, 5.41) is 3.71. The van der Waals surface area contributed by atoms with Crippen LogP contribution >= 0.6 is 15.9 Å². The highest BCUT2D eigenvalue weighted by Gasteiger charge is 2.18. The molecule has 0 heterocycles. The molecule has 1 aliphatic carbocycles. The molecule has 19 heavy (non-hydrogen) atoms. The molecule has 1 N–H and O–H groups in total. The van der Waals surface area contributed by atoms with Gasteiger partial charge in [0, 0.05) is 10.5 Å². The van der Waals surface area contributed by atoms with E-state index in [1.165, 1.54) is 37.7 Å². The van der Waals surface area contributed by atoms with Crippen LogP contribution in [0.5, 0.6) is 5.75 Å². The third-order valence-electron chi connectivity index (χ3n) is 4.09. The van der Waals surface area contributed by atoms with Crippen LogP contribution in [0.15, 0.2) is 16.6 Å². The standard InChI is InChI=1S/C16H24BrNO/c1-11-5-4-6-14(8-7-11)18-16-12(2)9-13(17)10-15(16)19-3/h9-11,14,18H,4-8H2,1-3H3. The Kier molecular flexibility index (Phi) is 5.14. The van der Waals surface area contributed by atoms with Crippen molar-refractivity contribution in [2.24, 2.45) is 5.92 Å². The fourth-order valence-corrected chi connectivity index (χ4v) is 3.45. The summed E-state index contributed by atoms with van der Waals surface area (Å²) in [6.07, 6.45) is 6.56. The fraction of sp³-hybridized carbons (Fsp3) is 0.625. The van der Waals surface area contributed by atoms with Crippen molar-refractivity contribution in [2.45, 2.75) is 52.0 Å². The van der Waals surface area contributed by atoms with Gasteiger partial charge in [0.2, 0.25) is 0 Å². The Hall–Kier alpha value is -0.700. The zero-order valence-electron chi connectivity index (χ0n) is 12.1. The van der Waals surface area contributed by atoms with Crippen LogP contribution in [0.2, 0.25) is 0 Å². The maximum absolute atomic E-state index is 5.51. The normalized spacial score (nSPS) is 23.8. The van der Waals surface area contributed by atoms with Gasteiger partial charge in [0.15, 0.2) is 0 Å². The number of methoxy groups -OCH3 is 1. The van der Waals surface area contributed by atoms with Gasteiger partial charge in [-0.1, -0.05) is 35.7 Å². The Morgan fingerprint density at radius 1 is 1.21 bits per heavy atom. The number of aryl methyl sites for hydroxylation is 1. The first-order valence-corrected chi connectivity index (χ1v) is 8.00. The van der Waals surface area contributed by atoms with Crippen LogP contribution < -0.4 is 10.1 Å². The van der Waals surface area contributed by atoms with Gasteiger partial charge in [-0.3, -0.25) is 0 Å². The van der Waals surface area contributed by atoms with Crippen molar-refractivity contribution in [3.05, 3.63) is 22.2 Å². The monoisotopic (exact) mass is 325 g/mol. The van der Waals surface area contributed by atoms with Crippen LogP contribution in [0.3, 0.4) is 0 Å². The molecule has 1 aliphatic rings. The molecule has 2 rings (SSSR count). The Bertz CT molecular complexity index is 433. The summed E-state index contributed by atoms with van der Waals surface area (Å²) in [6.45, 7) is 4.50. The third-order valence-corrected chi connectivity index (χ3v) is 4.55. The first-order chi connectivity index (χ1) is 9.10. The van der Waals surface area contributed by atoms with Crippen LogP contribution in [0.4, 0.5) is 5.69 Å². The minimum absolute atomic E-state index is 0.582. The van der Waals surface area contributed by atoms with E-state index in [0.29, 0.717) is 6.04 Å². The molecular formula is C16H24BrNO. The number of anilines is 1. The highest BCUT2D eigenvalue weighted by molar-refractivity contribution is 9.10. The average Bonchev–Trinajstić information content (AvgIpc) is 2.57. The first-order valence-electron chi connectivity index (χ1n) is 7.21. The van der Waals surface area contributed by atoms with Gasteiger partial charge in [0.05, 0.1) is 12.8 Å². The molecule has 1 saturated carbocycles. The van der Waals surface area contributed by atoms with E-state index in [-0.39, 0.29) is 0 Å². The molecule has 0 radical (unpaired) electrons. The second-order valence-electron chi connectivity index (χ2n) is 5.75. The minimum Gasteiger partial charge on any atom is -0.495 e. The highest BCUT2D eigenvalue weighted by Crippen LogP contribution is 2.34.